The fourth-order valence-corrected chi connectivity index (χ4v) is 3.49. The predicted molar refractivity (Wildman–Crippen MR) is 115 cm³/mol. The zero-order chi connectivity index (χ0) is 19.6. The molecule has 0 aliphatic rings. The van der Waals surface area contributed by atoms with Crippen molar-refractivity contribution in [2.75, 3.05) is 13.3 Å². The van der Waals surface area contributed by atoms with Crippen molar-refractivity contribution in [3.8, 4) is 5.75 Å². The number of fused-ring (bicyclic) bond motifs is 3. The molecule has 4 aromatic rings. The minimum Gasteiger partial charge on any atom is -0.478 e. The molecule has 4 heteroatoms. The molecule has 3 aromatic carbocycles. The minimum atomic E-state index is -0.380. The molecule has 1 heterocycles. The molecule has 0 saturated heterocycles. The number of hydrogen-bond acceptors (Lipinski definition) is 3. The van der Waals surface area contributed by atoms with E-state index in [2.05, 4.69) is 64.5 Å². The van der Waals surface area contributed by atoms with Crippen LogP contribution in [0.15, 0.2) is 72.8 Å². The van der Waals surface area contributed by atoms with Gasteiger partial charge in [-0.15, -0.1) is 0 Å². The van der Waals surface area contributed by atoms with Crippen LogP contribution in [0.5, 0.6) is 5.75 Å². The summed E-state index contributed by atoms with van der Waals surface area (Å²) in [5.74, 6) is 0.849. The Bertz CT molecular complexity index is 1080. The molecule has 0 fully saturated rings. The van der Waals surface area contributed by atoms with Gasteiger partial charge < -0.3 is 14.4 Å². The number of nitrogens with zero attached hydrogens (tertiary/aromatic N) is 1. The molecule has 2 N–H and O–H groups in total. The van der Waals surface area contributed by atoms with Crippen molar-refractivity contribution < 1.29 is 9.84 Å². The molecule has 0 aliphatic carbocycles. The van der Waals surface area contributed by atoms with Gasteiger partial charge in [0.05, 0.1) is 12.1 Å². The summed E-state index contributed by atoms with van der Waals surface area (Å²) in [5, 5.41) is 15.0. The average Bonchev–Trinajstić information content (AvgIpc) is 3.03. The summed E-state index contributed by atoms with van der Waals surface area (Å²) in [5.41, 5.74) is 3.24. The van der Waals surface area contributed by atoms with Crippen LogP contribution in [0.1, 0.15) is 19.4 Å². The van der Waals surface area contributed by atoms with Crippen LogP contribution in [-0.2, 0) is 6.54 Å². The van der Waals surface area contributed by atoms with Crippen LogP contribution in [0, 0.1) is 0 Å². The van der Waals surface area contributed by atoms with Gasteiger partial charge >= 0.3 is 0 Å². The van der Waals surface area contributed by atoms with Crippen molar-refractivity contribution in [3.63, 3.8) is 0 Å². The van der Waals surface area contributed by atoms with E-state index in [-0.39, 0.29) is 12.1 Å². The molecule has 0 atom stereocenters. The third-order valence-electron chi connectivity index (χ3n) is 5.12. The smallest absolute Gasteiger partial charge is 0.140 e. The van der Waals surface area contributed by atoms with E-state index in [4.69, 9.17) is 4.74 Å². The first-order valence-corrected chi connectivity index (χ1v) is 9.62. The maximum atomic E-state index is 9.43. The maximum absolute atomic E-state index is 9.43. The molecule has 0 unspecified atom stereocenters. The molecule has 0 radical (unpaired) electrons. The summed E-state index contributed by atoms with van der Waals surface area (Å²) in [6, 6.07) is 25.2. The zero-order valence-corrected chi connectivity index (χ0v) is 16.4. The van der Waals surface area contributed by atoms with Crippen LogP contribution in [0.25, 0.3) is 21.8 Å². The molecule has 144 valence electrons. The Balaban J connectivity index is 1.76. The van der Waals surface area contributed by atoms with Gasteiger partial charge in [0.2, 0.25) is 0 Å². The van der Waals surface area contributed by atoms with E-state index in [0.29, 0.717) is 6.73 Å². The van der Waals surface area contributed by atoms with E-state index in [1.54, 1.807) is 0 Å². The highest BCUT2D eigenvalue weighted by atomic mass is 16.5. The molecular weight excluding hydrogens is 348 g/mol. The van der Waals surface area contributed by atoms with E-state index in [1.807, 2.05) is 32.0 Å². The van der Waals surface area contributed by atoms with Gasteiger partial charge in [-0.2, -0.15) is 0 Å². The van der Waals surface area contributed by atoms with Crippen molar-refractivity contribution in [2.24, 2.45) is 0 Å². The van der Waals surface area contributed by atoms with Gasteiger partial charge in [0.1, 0.15) is 12.5 Å². The van der Waals surface area contributed by atoms with Gasteiger partial charge in [0.25, 0.3) is 0 Å². The number of para-hydroxylation sites is 1. The van der Waals surface area contributed by atoms with Gasteiger partial charge in [-0.25, -0.2) is 0 Å². The Hall–Kier alpha value is -2.82. The van der Waals surface area contributed by atoms with E-state index in [9.17, 15) is 5.11 Å². The molecule has 4 nitrogen and oxygen atoms in total. The van der Waals surface area contributed by atoms with Crippen molar-refractivity contribution >= 4 is 21.8 Å². The Kier molecular flexibility index (Phi) is 5.07. The van der Waals surface area contributed by atoms with Gasteiger partial charge in [-0.05, 0) is 37.6 Å². The first kappa shape index (κ1) is 18.5. The van der Waals surface area contributed by atoms with Gasteiger partial charge in [-0.3, -0.25) is 5.32 Å². The number of aliphatic hydroxyl groups excluding tert-OH is 1. The third-order valence-corrected chi connectivity index (χ3v) is 5.12. The fraction of sp³-hybridized carbons (Fsp3) is 0.250. The van der Waals surface area contributed by atoms with Crippen LogP contribution in [-0.4, -0.2) is 28.6 Å². The van der Waals surface area contributed by atoms with Gasteiger partial charge in [0, 0.05) is 28.4 Å². The largest absolute Gasteiger partial charge is 0.478 e. The second-order valence-electron chi connectivity index (χ2n) is 7.75. The molecule has 0 bridgehead atoms. The number of hydrogen-bond donors (Lipinski definition) is 2. The van der Waals surface area contributed by atoms with E-state index >= 15 is 0 Å². The predicted octanol–water partition coefficient (Wildman–Crippen LogP) is 4.54. The normalized spacial score (nSPS) is 12.0. The summed E-state index contributed by atoms with van der Waals surface area (Å²) in [6.45, 7) is 5.09. The fourth-order valence-electron chi connectivity index (χ4n) is 3.49. The molecule has 0 amide bonds. The second-order valence-corrected chi connectivity index (χ2v) is 7.75. The van der Waals surface area contributed by atoms with Crippen molar-refractivity contribution in [2.45, 2.75) is 25.9 Å². The maximum Gasteiger partial charge on any atom is 0.140 e. The Morgan fingerprint density at radius 2 is 1.61 bits per heavy atom. The van der Waals surface area contributed by atoms with Gasteiger partial charge in [0.15, 0.2) is 0 Å². The molecule has 4 rings (SSSR count). The van der Waals surface area contributed by atoms with Crippen molar-refractivity contribution in [1.82, 2.24) is 9.88 Å². The lowest BCUT2D eigenvalue weighted by molar-refractivity contribution is 0.153. The van der Waals surface area contributed by atoms with E-state index in [0.717, 1.165) is 23.2 Å². The first-order chi connectivity index (χ1) is 13.6. The van der Waals surface area contributed by atoms with Crippen LogP contribution in [0.3, 0.4) is 0 Å². The summed E-state index contributed by atoms with van der Waals surface area (Å²) >= 11 is 0. The highest BCUT2D eigenvalue weighted by Crippen LogP contribution is 2.36. The minimum absolute atomic E-state index is 0.0525. The molecular formula is C24H26N2O2. The van der Waals surface area contributed by atoms with Crippen LogP contribution in [0.4, 0.5) is 0 Å². The Morgan fingerprint density at radius 3 is 2.39 bits per heavy atom. The van der Waals surface area contributed by atoms with E-state index < -0.39 is 0 Å². The summed E-state index contributed by atoms with van der Waals surface area (Å²) in [6.07, 6.45) is 0. The molecule has 1 aromatic heterocycles. The lowest BCUT2D eigenvalue weighted by atomic mass is 10.1. The quantitative estimate of drug-likeness (QED) is 0.467. The molecule has 28 heavy (non-hydrogen) atoms. The average molecular weight is 374 g/mol. The Labute approximate surface area is 165 Å². The number of aromatic nitrogens is 1. The third kappa shape index (κ3) is 3.61. The Morgan fingerprint density at radius 1 is 0.893 bits per heavy atom. The molecule has 0 aliphatic heterocycles. The van der Waals surface area contributed by atoms with Crippen LogP contribution in [0.2, 0.25) is 0 Å². The van der Waals surface area contributed by atoms with Crippen molar-refractivity contribution in [1.29, 1.82) is 0 Å². The highest BCUT2D eigenvalue weighted by molar-refractivity contribution is 6.11. The number of benzene rings is 3. The number of aliphatic hydroxyl groups is 1. The zero-order valence-electron chi connectivity index (χ0n) is 16.4. The monoisotopic (exact) mass is 374 g/mol. The summed E-state index contributed by atoms with van der Waals surface area (Å²) in [7, 11) is 0. The lowest BCUT2D eigenvalue weighted by Crippen LogP contribution is -2.44. The van der Waals surface area contributed by atoms with Crippen LogP contribution >= 0.6 is 0 Å². The SMILES string of the molecule is CC(C)(CO)NCOc1cccc2c1c1ccccc1n2Cc1ccccc1. The molecule has 0 saturated carbocycles. The van der Waals surface area contributed by atoms with Gasteiger partial charge in [-0.1, -0.05) is 54.6 Å². The summed E-state index contributed by atoms with van der Waals surface area (Å²) < 4.78 is 8.44. The lowest BCUT2D eigenvalue weighted by Gasteiger charge is -2.23. The number of ether oxygens (including phenoxy) is 1. The number of nitrogens with one attached hydrogen (secondary N) is 1. The van der Waals surface area contributed by atoms with E-state index in [1.165, 1.54) is 16.5 Å². The molecule has 0 spiro atoms. The van der Waals surface area contributed by atoms with Crippen molar-refractivity contribution in [3.05, 3.63) is 78.4 Å². The number of rotatable bonds is 7. The standard InChI is InChI=1S/C24H26N2O2/c1-24(2,16-27)25-17-28-22-14-8-13-21-23(22)19-11-6-7-12-20(19)26(21)15-18-9-4-3-5-10-18/h3-14,25,27H,15-17H2,1-2H3. The second kappa shape index (κ2) is 7.66. The topological polar surface area (TPSA) is 46.4 Å². The highest BCUT2D eigenvalue weighted by Gasteiger charge is 2.17. The first-order valence-electron chi connectivity index (χ1n) is 9.62. The summed E-state index contributed by atoms with van der Waals surface area (Å²) in [4.78, 5) is 0. The van der Waals surface area contributed by atoms with Crippen LogP contribution < -0.4 is 10.1 Å².